The molecule has 0 spiro atoms. The van der Waals surface area contributed by atoms with E-state index in [-0.39, 0.29) is 28.8 Å². The van der Waals surface area contributed by atoms with E-state index in [2.05, 4.69) is 15.5 Å². The van der Waals surface area contributed by atoms with Gasteiger partial charge in [0.2, 0.25) is 5.69 Å². The summed E-state index contributed by atoms with van der Waals surface area (Å²) in [5.41, 5.74) is 0.115. The highest BCUT2D eigenvalue weighted by Gasteiger charge is 2.26. The lowest BCUT2D eigenvalue weighted by Crippen LogP contribution is -2.19. The third-order valence-corrected chi connectivity index (χ3v) is 4.11. The largest absolute Gasteiger partial charge is 0.320 e. The molecule has 2 aromatic heterocycles. The van der Waals surface area contributed by atoms with Crippen molar-refractivity contribution in [3.63, 3.8) is 0 Å². The second-order valence-corrected chi connectivity index (χ2v) is 5.95. The lowest BCUT2D eigenvalue weighted by Gasteiger charge is -2.06. The molecule has 0 bridgehead atoms. The molecule has 0 aliphatic rings. The normalized spacial score (nSPS) is 10.8. The molecular formula is C16H14ClFN6O3. The quantitative estimate of drug-likeness (QED) is 0.512. The van der Waals surface area contributed by atoms with E-state index in [9.17, 15) is 19.3 Å². The van der Waals surface area contributed by atoms with E-state index >= 15 is 0 Å². The average Bonchev–Trinajstić information content (AvgIpc) is 3.23. The number of aromatic nitrogens is 4. The maximum Gasteiger partial charge on any atom is 0.320 e. The summed E-state index contributed by atoms with van der Waals surface area (Å²) in [7, 11) is 0. The molecule has 9 nitrogen and oxygen atoms in total. The molecule has 0 aliphatic heterocycles. The second kappa shape index (κ2) is 7.54. The highest BCUT2D eigenvalue weighted by molar-refractivity contribution is 6.31. The minimum atomic E-state index is -0.689. The van der Waals surface area contributed by atoms with Crippen LogP contribution in [0.25, 0.3) is 0 Å². The number of halogens is 2. The van der Waals surface area contributed by atoms with Crippen LogP contribution in [-0.2, 0) is 13.1 Å². The molecule has 1 amide bonds. The van der Waals surface area contributed by atoms with Gasteiger partial charge in [-0.2, -0.15) is 10.2 Å². The molecule has 0 saturated carbocycles. The predicted octanol–water partition coefficient (Wildman–Crippen LogP) is 3.10. The zero-order valence-electron chi connectivity index (χ0n) is 14.1. The van der Waals surface area contributed by atoms with Gasteiger partial charge in [-0.3, -0.25) is 24.3 Å². The topological polar surface area (TPSA) is 108 Å². The number of hydrogen-bond donors (Lipinski definition) is 1. The van der Waals surface area contributed by atoms with E-state index in [1.807, 2.05) is 0 Å². The summed E-state index contributed by atoms with van der Waals surface area (Å²) in [6, 6.07) is 5.57. The monoisotopic (exact) mass is 392 g/mol. The molecule has 11 heteroatoms. The van der Waals surface area contributed by atoms with Crippen LogP contribution in [0.3, 0.4) is 0 Å². The van der Waals surface area contributed by atoms with E-state index in [1.165, 1.54) is 27.6 Å². The Morgan fingerprint density at radius 3 is 2.85 bits per heavy atom. The van der Waals surface area contributed by atoms with Crippen molar-refractivity contribution in [1.29, 1.82) is 0 Å². The fraction of sp³-hybridized carbons (Fsp3) is 0.188. The molecule has 1 aromatic carbocycles. The van der Waals surface area contributed by atoms with Gasteiger partial charge in [-0.25, -0.2) is 4.39 Å². The van der Waals surface area contributed by atoms with E-state index in [0.717, 1.165) is 6.20 Å². The molecule has 27 heavy (non-hydrogen) atoms. The summed E-state index contributed by atoms with van der Waals surface area (Å²) in [6.45, 7) is 2.28. The Morgan fingerprint density at radius 1 is 1.41 bits per heavy atom. The zero-order chi connectivity index (χ0) is 19.6. The Balaban J connectivity index is 1.77. The van der Waals surface area contributed by atoms with Gasteiger partial charge >= 0.3 is 5.69 Å². The number of carbonyl (C=O) groups is 1. The summed E-state index contributed by atoms with van der Waals surface area (Å²) in [5, 5.41) is 21.9. The van der Waals surface area contributed by atoms with Gasteiger partial charge < -0.3 is 5.32 Å². The number of nitro groups is 1. The minimum absolute atomic E-state index is 0.154. The first-order chi connectivity index (χ1) is 12.9. The molecule has 0 atom stereocenters. The van der Waals surface area contributed by atoms with Crippen molar-refractivity contribution in [2.75, 3.05) is 5.32 Å². The van der Waals surface area contributed by atoms with Gasteiger partial charge in [-0.15, -0.1) is 0 Å². The maximum absolute atomic E-state index is 13.1. The van der Waals surface area contributed by atoms with Crippen LogP contribution in [0.15, 0.2) is 36.7 Å². The van der Waals surface area contributed by atoms with Crippen LogP contribution in [0.5, 0.6) is 0 Å². The highest BCUT2D eigenvalue weighted by atomic mass is 35.5. The van der Waals surface area contributed by atoms with Crippen molar-refractivity contribution in [3.05, 3.63) is 68.9 Å². The molecule has 3 rings (SSSR count). The van der Waals surface area contributed by atoms with Crippen LogP contribution in [0.2, 0.25) is 5.02 Å². The highest BCUT2D eigenvalue weighted by Crippen LogP contribution is 2.20. The molecule has 0 fully saturated rings. The number of amides is 1. The van der Waals surface area contributed by atoms with Gasteiger partial charge in [0.1, 0.15) is 12.0 Å². The Bertz CT molecular complexity index is 1020. The molecular weight excluding hydrogens is 379 g/mol. The second-order valence-electron chi connectivity index (χ2n) is 5.54. The summed E-state index contributed by atoms with van der Waals surface area (Å²) in [5.74, 6) is -0.922. The van der Waals surface area contributed by atoms with E-state index in [4.69, 9.17) is 11.6 Å². The molecule has 0 aliphatic carbocycles. The van der Waals surface area contributed by atoms with Crippen LogP contribution in [0.1, 0.15) is 23.0 Å². The van der Waals surface area contributed by atoms with Crippen molar-refractivity contribution in [2.45, 2.75) is 20.0 Å². The summed E-state index contributed by atoms with van der Waals surface area (Å²) in [6.07, 6.45) is 2.63. The Labute approximate surface area is 157 Å². The van der Waals surface area contributed by atoms with Crippen molar-refractivity contribution < 1.29 is 14.1 Å². The third kappa shape index (κ3) is 3.95. The summed E-state index contributed by atoms with van der Waals surface area (Å²) >= 11 is 5.99. The third-order valence-electron chi connectivity index (χ3n) is 3.76. The SMILES string of the molecule is CCn1ncc([N+](=O)[O-])c1C(=O)Nc1ccn(Cc2ccc(F)cc2Cl)n1. The average molecular weight is 393 g/mol. The predicted molar refractivity (Wildman–Crippen MR) is 95.2 cm³/mol. The van der Waals surface area contributed by atoms with E-state index in [1.54, 1.807) is 19.2 Å². The van der Waals surface area contributed by atoms with Gasteiger partial charge in [0.05, 0.1) is 11.5 Å². The Hall–Kier alpha value is -3.27. The summed E-state index contributed by atoms with van der Waals surface area (Å²) in [4.78, 5) is 22.9. The van der Waals surface area contributed by atoms with Crippen molar-refractivity contribution in [1.82, 2.24) is 19.6 Å². The smallest absolute Gasteiger partial charge is 0.304 e. The lowest BCUT2D eigenvalue weighted by atomic mass is 10.2. The number of anilines is 1. The summed E-state index contributed by atoms with van der Waals surface area (Å²) < 4.78 is 15.8. The number of carbonyl (C=O) groups excluding carboxylic acids is 1. The number of hydrogen-bond acceptors (Lipinski definition) is 5. The molecule has 1 N–H and O–H groups in total. The minimum Gasteiger partial charge on any atom is -0.304 e. The first kappa shape index (κ1) is 18.5. The standard InChI is InChI=1S/C16H14ClFN6O3/c1-2-23-15(13(8-19-23)24(26)27)16(25)20-14-5-6-22(21-14)9-10-3-4-11(18)7-12(10)17/h3-8H,2,9H2,1H3,(H,20,21,25). The van der Waals surface area contributed by atoms with Crippen molar-refractivity contribution >= 4 is 29.0 Å². The number of rotatable bonds is 6. The van der Waals surface area contributed by atoms with Crippen LogP contribution in [-0.4, -0.2) is 30.4 Å². The fourth-order valence-corrected chi connectivity index (χ4v) is 2.73. The molecule has 140 valence electrons. The van der Waals surface area contributed by atoms with Crippen LogP contribution < -0.4 is 5.32 Å². The first-order valence-corrected chi connectivity index (χ1v) is 8.25. The number of benzene rings is 1. The van der Waals surface area contributed by atoms with Crippen LogP contribution >= 0.6 is 11.6 Å². The van der Waals surface area contributed by atoms with Crippen molar-refractivity contribution in [2.24, 2.45) is 0 Å². The molecule has 3 aromatic rings. The van der Waals surface area contributed by atoms with Gasteiger partial charge in [-0.1, -0.05) is 17.7 Å². The molecule has 0 radical (unpaired) electrons. The fourth-order valence-electron chi connectivity index (χ4n) is 2.50. The lowest BCUT2D eigenvalue weighted by molar-refractivity contribution is -0.385. The first-order valence-electron chi connectivity index (χ1n) is 7.88. The van der Waals surface area contributed by atoms with Gasteiger partial charge in [0.25, 0.3) is 5.91 Å². The van der Waals surface area contributed by atoms with Gasteiger partial charge in [-0.05, 0) is 24.6 Å². The van der Waals surface area contributed by atoms with Gasteiger partial charge in [0.15, 0.2) is 5.82 Å². The van der Waals surface area contributed by atoms with Crippen LogP contribution in [0.4, 0.5) is 15.9 Å². The zero-order valence-corrected chi connectivity index (χ0v) is 14.9. The molecule has 0 saturated heterocycles. The maximum atomic E-state index is 13.1. The van der Waals surface area contributed by atoms with Gasteiger partial charge in [0, 0.05) is 23.8 Å². The van der Waals surface area contributed by atoms with Crippen molar-refractivity contribution in [3.8, 4) is 0 Å². The van der Waals surface area contributed by atoms with Crippen LogP contribution in [0, 0.1) is 15.9 Å². The Kier molecular flexibility index (Phi) is 5.17. The van der Waals surface area contributed by atoms with E-state index in [0.29, 0.717) is 12.1 Å². The Morgan fingerprint density at radius 2 is 2.19 bits per heavy atom. The van der Waals surface area contributed by atoms with E-state index < -0.39 is 16.6 Å². The molecule has 0 unspecified atom stereocenters. The number of nitrogens with zero attached hydrogens (tertiary/aromatic N) is 5. The number of aryl methyl sites for hydroxylation is 1. The molecule has 2 heterocycles. The number of nitrogens with one attached hydrogen (secondary N) is 1.